The molecule has 0 aliphatic carbocycles. The van der Waals surface area contributed by atoms with E-state index in [0.29, 0.717) is 21.4 Å². The van der Waals surface area contributed by atoms with Gasteiger partial charge in [0, 0.05) is 29.3 Å². The monoisotopic (exact) mass is 395 g/mol. The zero-order chi connectivity index (χ0) is 18.1. The smallest absolute Gasteiger partial charge is 0.279 e. The predicted molar refractivity (Wildman–Crippen MR) is 98.5 cm³/mol. The van der Waals surface area contributed by atoms with Crippen LogP contribution in [0.5, 0.6) is 0 Å². The zero-order valence-electron chi connectivity index (χ0n) is 12.9. The quantitative estimate of drug-likeness (QED) is 0.477. The normalized spacial score (nSPS) is 11.9. The van der Waals surface area contributed by atoms with Crippen molar-refractivity contribution >= 4 is 56.3 Å². The van der Waals surface area contributed by atoms with E-state index in [-0.39, 0.29) is 11.3 Å². The molecule has 0 bridgehead atoms. The number of nitrogens with zero attached hydrogens (tertiary/aromatic N) is 3. The van der Waals surface area contributed by atoms with Crippen LogP contribution in [-0.2, 0) is 6.54 Å². The third-order valence-electron chi connectivity index (χ3n) is 3.53. The van der Waals surface area contributed by atoms with Crippen molar-refractivity contribution in [3.63, 3.8) is 0 Å². The number of hydrogen-bond acceptors (Lipinski definition) is 4. The van der Waals surface area contributed by atoms with E-state index in [0.717, 1.165) is 10.2 Å². The molecule has 6 nitrogen and oxygen atoms in total. The van der Waals surface area contributed by atoms with Gasteiger partial charge in [0.2, 0.25) is 0 Å². The van der Waals surface area contributed by atoms with Crippen molar-refractivity contribution in [2.45, 2.75) is 13.5 Å². The molecule has 1 aromatic heterocycles. The van der Waals surface area contributed by atoms with Crippen LogP contribution >= 0.6 is 34.5 Å². The molecule has 3 aromatic rings. The largest absolute Gasteiger partial charge is 0.315 e. The molecular formula is C16H11Cl2N3O3S. The van der Waals surface area contributed by atoms with Gasteiger partial charge in [0.25, 0.3) is 11.6 Å². The summed E-state index contributed by atoms with van der Waals surface area (Å²) in [5.74, 6) is -0.481. The molecule has 0 unspecified atom stereocenters. The van der Waals surface area contributed by atoms with Crippen molar-refractivity contribution in [1.29, 1.82) is 0 Å². The van der Waals surface area contributed by atoms with Gasteiger partial charge in [0.15, 0.2) is 4.80 Å². The maximum Gasteiger partial charge on any atom is 0.279 e. The van der Waals surface area contributed by atoms with Gasteiger partial charge in [-0.15, -0.1) is 0 Å². The lowest BCUT2D eigenvalue weighted by molar-refractivity contribution is -0.384. The molecule has 0 N–H and O–H groups in total. The Bertz CT molecular complexity index is 1050. The lowest BCUT2D eigenvalue weighted by Crippen LogP contribution is -2.16. The number of nitro groups is 1. The molecule has 0 radical (unpaired) electrons. The van der Waals surface area contributed by atoms with Crippen molar-refractivity contribution in [3.05, 3.63) is 66.9 Å². The number of halogens is 2. The number of rotatable bonds is 3. The van der Waals surface area contributed by atoms with Gasteiger partial charge in [0.05, 0.1) is 20.2 Å². The topological polar surface area (TPSA) is 77.5 Å². The van der Waals surface area contributed by atoms with E-state index in [1.54, 1.807) is 12.1 Å². The summed E-state index contributed by atoms with van der Waals surface area (Å²) < 4.78 is 2.66. The standard InChI is InChI=1S/C16H11Cl2N3O3S/c1-2-20-14-12(18)7-10(17)8-13(14)25-16(20)19-15(22)9-3-5-11(6-4-9)21(23)24/h3-8H,2H2,1H3. The summed E-state index contributed by atoms with van der Waals surface area (Å²) in [5, 5.41) is 11.7. The molecule has 1 amide bonds. The number of carbonyl (C=O) groups is 1. The first-order valence-electron chi connectivity index (χ1n) is 7.22. The number of non-ortho nitro benzene ring substituents is 1. The fourth-order valence-electron chi connectivity index (χ4n) is 2.38. The third-order valence-corrected chi connectivity index (χ3v) is 5.07. The van der Waals surface area contributed by atoms with Crippen molar-refractivity contribution in [3.8, 4) is 0 Å². The average Bonchev–Trinajstić information content (AvgIpc) is 2.91. The van der Waals surface area contributed by atoms with Crippen LogP contribution < -0.4 is 4.80 Å². The Morgan fingerprint density at radius 3 is 2.56 bits per heavy atom. The summed E-state index contributed by atoms with van der Waals surface area (Å²) in [7, 11) is 0. The molecule has 0 saturated heterocycles. The number of amides is 1. The van der Waals surface area contributed by atoms with E-state index in [2.05, 4.69) is 4.99 Å². The van der Waals surface area contributed by atoms with Crippen molar-refractivity contribution < 1.29 is 9.72 Å². The van der Waals surface area contributed by atoms with E-state index in [1.807, 2.05) is 11.5 Å². The Balaban J connectivity index is 2.10. The summed E-state index contributed by atoms with van der Waals surface area (Å²) >= 11 is 13.6. The second-order valence-electron chi connectivity index (χ2n) is 5.08. The Morgan fingerprint density at radius 2 is 1.96 bits per heavy atom. The maximum absolute atomic E-state index is 12.4. The molecule has 9 heteroatoms. The molecule has 0 fully saturated rings. The Hall–Kier alpha value is -2.22. The first-order valence-corrected chi connectivity index (χ1v) is 8.80. The first kappa shape index (κ1) is 17.6. The second kappa shape index (κ2) is 6.95. The minimum absolute atomic E-state index is 0.0801. The number of aromatic nitrogens is 1. The number of carbonyl (C=O) groups excluding carboxylic acids is 1. The van der Waals surface area contributed by atoms with Gasteiger partial charge in [-0.25, -0.2) is 0 Å². The molecule has 25 heavy (non-hydrogen) atoms. The highest BCUT2D eigenvalue weighted by Gasteiger charge is 2.13. The van der Waals surface area contributed by atoms with Crippen LogP contribution in [0.2, 0.25) is 10.0 Å². The fourth-order valence-corrected chi connectivity index (χ4v) is 4.26. The highest BCUT2D eigenvalue weighted by atomic mass is 35.5. The van der Waals surface area contributed by atoms with Gasteiger partial charge in [-0.2, -0.15) is 4.99 Å². The molecule has 1 heterocycles. The Morgan fingerprint density at radius 1 is 1.28 bits per heavy atom. The zero-order valence-corrected chi connectivity index (χ0v) is 15.2. The van der Waals surface area contributed by atoms with E-state index in [1.165, 1.54) is 35.6 Å². The number of fused-ring (bicyclic) bond motifs is 1. The molecular weight excluding hydrogens is 385 g/mol. The van der Waals surface area contributed by atoms with E-state index in [4.69, 9.17) is 23.2 Å². The van der Waals surface area contributed by atoms with Gasteiger partial charge < -0.3 is 4.57 Å². The van der Waals surface area contributed by atoms with Gasteiger partial charge in [-0.3, -0.25) is 14.9 Å². The van der Waals surface area contributed by atoms with Crippen LogP contribution in [0.4, 0.5) is 5.69 Å². The SMILES string of the molecule is CCn1c(=NC(=O)c2ccc([N+](=O)[O-])cc2)sc2cc(Cl)cc(Cl)c21. The van der Waals surface area contributed by atoms with Gasteiger partial charge in [0.1, 0.15) is 0 Å². The summed E-state index contributed by atoms with van der Waals surface area (Å²) in [6, 6.07) is 8.74. The van der Waals surface area contributed by atoms with Crippen molar-refractivity contribution in [2.75, 3.05) is 0 Å². The van der Waals surface area contributed by atoms with E-state index in [9.17, 15) is 14.9 Å². The highest BCUT2D eigenvalue weighted by Crippen LogP contribution is 2.29. The first-order chi connectivity index (χ1) is 11.9. The number of benzene rings is 2. The van der Waals surface area contributed by atoms with Crippen molar-refractivity contribution in [2.24, 2.45) is 4.99 Å². The lowest BCUT2D eigenvalue weighted by atomic mass is 10.2. The van der Waals surface area contributed by atoms with Gasteiger partial charge in [-0.1, -0.05) is 34.5 Å². The summed E-state index contributed by atoms with van der Waals surface area (Å²) in [6.45, 7) is 2.50. The van der Waals surface area contributed by atoms with Crippen LogP contribution in [0, 0.1) is 10.1 Å². The van der Waals surface area contributed by atoms with Gasteiger partial charge in [-0.05, 0) is 31.2 Å². The average molecular weight is 396 g/mol. The molecule has 2 aromatic carbocycles. The van der Waals surface area contributed by atoms with Crippen LogP contribution in [-0.4, -0.2) is 15.4 Å². The molecule has 128 valence electrons. The van der Waals surface area contributed by atoms with Gasteiger partial charge >= 0.3 is 0 Å². The minimum atomic E-state index is -0.520. The molecule has 0 saturated carbocycles. The van der Waals surface area contributed by atoms with E-state index < -0.39 is 10.8 Å². The number of hydrogen-bond donors (Lipinski definition) is 0. The fraction of sp³-hybridized carbons (Fsp3) is 0.125. The van der Waals surface area contributed by atoms with Crippen molar-refractivity contribution in [1.82, 2.24) is 4.57 Å². The van der Waals surface area contributed by atoms with Crippen LogP contribution in [0.25, 0.3) is 10.2 Å². The predicted octanol–water partition coefficient (Wildman–Crippen LogP) is 4.68. The summed E-state index contributed by atoms with van der Waals surface area (Å²) in [5.41, 5.74) is 0.965. The second-order valence-corrected chi connectivity index (χ2v) is 6.94. The maximum atomic E-state index is 12.4. The summed E-state index contributed by atoms with van der Waals surface area (Å²) in [6.07, 6.45) is 0. The van der Waals surface area contributed by atoms with Crippen LogP contribution in [0.3, 0.4) is 0 Å². The number of aryl methyl sites for hydroxylation is 1. The summed E-state index contributed by atoms with van der Waals surface area (Å²) in [4.78, 5) is 27.2. The lowest BCUT2D eigenvalue weighted by Gasteiger charge is -2.02. The Kier molecular flexibility index (Phi) is 4.89. The number of thiazole rings is 1. The molecule has 3 rings (SSSR count). The molecule has 0 aliphatic rings. The Labute approximate surface area is 156 Å². The third kappa shape index (κ3) is 3.44. The van der Waals surface area contributed by atoms with Crippen LogP contribution in [0.1, 0.15) is 17.3 Å². The number of nitro benzene ring substituents is 1. The molecule has 0 atom stereocenters. The van der Waals surface area contributed by atoms with E-state index >= 15 is 0 Å². The molecule has 0 aliphatic heterocycles. The minimum Gasteiger partial charge on any atom is -0.315 e. The molecule has 0 spiro atoms. The highest BCUT2D eigenvalue weighted by molar-refractivity contribution is 7.16. The van der Waals surface area contributed by atoms with Crippen LogP contribution in [0.15, 0.2) is 41.4 Å².